The highest BCUT2D eigenvalue weighted by Gasteiger charge is 2.24. The molecule has 1 aromatic rings. The average molecular weight is 319 g/mol. The molecule has 0 bridgehead atoms. The third kappa shape index (κ3) is 5.27. The van der Waals surface area contributed by atoms with Crippen LogP contribution in [0.3, 0.4) is 0 Å². The summed E-state index contributed by atoms with van der Waals surface area (Å²) >= 11 is 0. The van der Waals surface area contributed by atoms with Crippen molar-refractivity contribution in [3.8, 4) is 5.75 Å². The Labute approximate surface area is 137 Å². The van der Waals surface area contributed by atoms with Crippen LogP contribution in [0.1, 0.15) is 36.8 Å². The number of carboxylic acid groups (broad SMARTS) is 1. The summed E-state index contributed by atoms with van der Waals surface area (Å²) < 4.78 is 5.68. The Balaban J connectivity index is 1.85. The Morgan fingerprint density at radius 2 is 2.13 bits per heavy atom. The number of ether oxygens (including phenoxy) is 1. The standard InChI is InChI=1S/C18H25NO4/c1-13-5-6-14(2)16(10-13)23-12-17(20)19-9-3-4-15(11-19)7-8-18(21)22/h5-6,10,15H,3-4,7-9,11-12H2,1-2H3,(H,21,22). The minimum Gasteiger partial charge on any atom is -0.483 e. The highest BCUT2D eigenvalue weighted by atomic mass is 16.5. The van der Waals surface area contributed by atoms with Gasteiger partial charge >= 0.3 is 5.97 Å². The maximum atomic E-state index is 12.3. The Kier molecular flexibility index (Phi) is 6.02. The number of piperidine rings is 1. The summed E-state index contributed by atoms with van der Waals surface area (Å²) in [5, 5.41) is 8.78. The summed E-state index contributed by atoms with van der Waals surface area (Å²) in [6.07, 6.45) is 2.73. The number of hydrogen-bond acceptors (Lipinski definition) is 3. The van der Waals surface area contributed by atoms with Gasteiger partial charge in [-0.05, 0) is 56.2 Å². The fourth-order valence-corrected chi connectivity index (χ4v) is 2.95. The number of hydrogen-bond donors (Lipinski definition) is 1. The first-order valence-electron chi connectivity index (χ1n) is 8.15. The molecule has 0 saturated carbocycles. The number of rotatable bonds is 6. The number of carboxylic acids is 1. The molecule has 1 atom stereocenters. The quantitative estimate of drug-likeness (QED) is 0.875. The predicted octanol–water partition coefficient (Wildman–Crippen LogP) is 2.79. The molecule has 0 radical (unpaired) electrons. The first-order valence-corrected chi connectivity index (χ1v) is 8.15. The van der Waals surface area contributed by atoms with Gasteiger partial charge in [0, 0.05) is 19.5 Å². The van der Waals surface area contributed by atoms with Crippen molar-refractivity contribution in [1.82, 2.24) is 4.90 Å². The number of carbonyl (C=O) groups excluding carboxylic acids is 1. The second-order valence-corrected chi connectivity index (χ2v) is 6.34. The number of aliphatic carboxylic acids is 1. The lowest BCUT2D eigenvalue weighted by molar-refractivity contribution is -0.137. The molecule has 5 heteroatoms. The van der Waals surface area contributed by atoms with Crippen LogP contribution >= 0.6 is 0 Å². The van der Waals surface area contributed by atoms with Crippen LogP contribution in [0, 0.1) is 19.8 Å². The van der Waals surface area contributed by atoms with E-state index in [0.29, 0.717) is 13.0 Å². The molecule has 1 saturated heterocycles. The maximum Gasteiger partial charge on any atom is 0.303 e. The van der Waals surface area contributed by atoms with E-state index in [2.05, 4.69) is 0 Å². The van der Waals surface area contributed by atoms with Crippen molar-refractivity contribution in [2.45, 2.75) is 39.5 Å². The van der Waals surface area contributed by atoms with Gasteiger partial charge in [0.2, 0.25) is 0 Å². The van der Waals surface area contributed by atoms with Gasteiger partial charge in [-0.3, -0.25) is 9.59 Å². The number of aryl methyl sites for hydroxylation is 2. The summed E-state index contributed by atoms with van der Waals surface area (Å²) in [5.74, 6) is 0.236. The fraction of sp³-hybridized carbons (Fsp3) is 0.556. The zero-order valence-electron chi connectivity index (χ0n) is 13.9. The van der Waals surface area contributed by atoms with Crippen LogP contribution in [0.15, 0.2) is 18.2 Å². The molecule has 1 N–H and O–H groups in total. The molecule has 5 nitrogen and oxygen atoms in total. The smallest absolute Gasteiger partial charge is 0.303 e. The van der Waals surface area contributed by atoms with E-state index in [0.717, 1.165) is 36.3 Å². The van der Waals surface area contributed by atoms with E-state index in [4.69, 9.17) is 9.84 Å². The van der Waals surface area contributed by atoms with Gasteiger partial charge in [0.25, 0.3) is 5.91 Å². The molecular formula is C18H25NO4. The number of amides is 1. The number of carbonyl (C=O) groups is 2. The number of benzene rings is 1. The Morgan fingerprint density at radius 1 is 1.35 bits per heavy atom. The largest absolute Gasteiger partial charge is 0.483 e. The Morgan fingerprint density at radius 3 is 2.87 bits per heavy atom. The summed E-state index contributed by atoms with van der Waals surface area (Å²) in [5.41, 5.74) is 2.12. The molecular weight excluding hydrogens is 294 g/mol. The Hall–Kier alpha value is -2.04. The first kappa shape index (κ1) is 17.3. The van der Waals surface area contributed by atoms with Crippen LogP contribution in [0.25, 0.3) is 0 Å². The van der Waals surface area contributed by atoms with Gasteiger partial charge in [-0.2, -0.15) is 0 Å². The molecule has 0 spiro atoms. The van der Waals surface area contributed by atoms with Crippen LogP contribution in [-0.4, -0.2) is 41.6 Å². The summed E-state index contributed by atoms with van der Waals surface area (Å²) in [6.45, 7) is 5.37. The van der Waals surface area contributed by atoms with E-state index in [9.17, 15) is 9.59 Å². The molecule has 1 aromatic carbocycles. The molecule has 0 aliphatic carbocycles. The molecule has 1 heterocycles. The van der Waals surface area contributed by atoms with Crippen LogP contribution in [0.2, 0.25) is 0 Å². The van der Waals surface area contributed by atoms with Crippen molar-refractivity contribution < 1.29 is 19.4 Å². The van der Waals surface area contributed by atoms with E-state index in [1.165, 1.54) is 0 Å². The fourth-order valence-electron chi connectivity index (χ4n) is 2.95. The molecule has 23 heavy (non-hydrogen) atoms. The van der Waals surface area contributed by atoms with Gasteiger partial charge in [0.15, 0.2) is 6.61 Å². The van der Waals surface area contributed by atoms with Crippen molar-refractivity contribution in [3.05, 3.63) is 29.3 Å². The molecule has 1 amide bonds. The minimum absolute atomic E-state index is 0.0223. The van der Waals surface area contributed by atoms with Crippen LogP contribution in [0.5, 0.6) is 5.75 Å². The van der Waals surface area contributed by atoms with E-state index in [1.807, 2.05) is 32.0 Å². The summed E-state index contributed by atoms with van der Waals surface area (Å²) in [7, 11) is 0. The number of nitrogens with zero attached hydrogens (tertiary/aromatic N) is 1. The highest BCUT2D eigenvalue weighted by Crippen LogP contribution is 2.22. The SMILES string of the molecule is Cc1ccc(C)c(OCC(=O)N2CCCC(CCC(=O)O)C2)c1. The normalized spacial score (nSPS) is 17.8. The molecule has 1 aliphatic rings. The lowest BCUT2D eigenvalue weighted by Gasteiger charge is -2.32. The molecule has 0 aromatic heterocycles. The maximum absolute atomic E-state index is 12.3. The molecule has 1 unspecified atom stereocenters. The third-order valence-corrected chi connectivity index (χ3v) is 4.33. The predicted molar refractivity (Wildman–Crippen MR) is 87.6 cm³/mol. The van der Waals surface area contributed by atoms with Gasteiger partial charge < -0.3 is 14.7 Å². The zero-order valence-corrected chi connectivity index (χ0v) is 13.9. The minimum atomic E-state index is -0.772. The second kappa shape index (κ2) is 7.99. The molecule has 1 aliphatic heterocycles. The van der Waals surface area contributed by atoms with E-state index < -0.39 is 5.97 Å². The highest BCUT2D eigenvalue weighted by molar-refractivity contribution is 5.78. The van der Waals surface area contributed by atoms with Crippen molar-refractivity contribution >= 4 is 11.9 Å². The van der Waals surface area contributed by atoms with Crippen molar-refractivity contribution in [1.29, 1.82) is 0 Å². The second-order valence-electron chi connectivity index (χ2n) is 6.34. The Bertz CT molecular complexity index is 570. The van der Waals surface area contributed by atoms with Gasteiger partial charge in [-0.1, -0.05) is 12.1 Å². The lowest BCUT2D eigenvalue weighted by Crippen LogP contribution is -2.42. The van der Waals surface area contributed by atoms with Crippen molar-refractivity contribution in [2.75, 3.05) is 19.7 Å². The van der Waals surface area contributed by atoms with Gasteiger partial charge in [0.05, 0.1) is 0 Å². The van der Waals surface area contributed by atoms with E-state index >= 15 is 0 Å². The van der Waals surface area contributed by atoms with Gasteiger partial charge in [-0.25, -0.2) is 0 Å². The van der Waals surface area contributed by atoms with Crippen LogP contribution in [-0.2, 0) is 9.59 Å². The van der Waals surface area contributed by atoms with E-state index in [-0.39, 0.29) is 24.9 Å². The monoisotopic (exact) mass is 319 g/mol. The van der Waals surface area contributed by atoms with Crippen LogP contribution < -0.4 is 4.74 Å². The molecule has 2 rings (SSSR count). The molecule has 1 fully saturated rings. The van der Waals surface area contributed by atoms with Crippen LogP contribution in [0.4, 0.5) is 0 Å². The van der Waals surface area contributed by atoms with Gasteiger partial charge in [0.1, 0.15) is 5.75 Å². The zero-order chi connectivity index (χ0) is 16.8. The van der Waals surface area contributed by atoms with E-state index in [1.54, 1.807) is 4.90 Å². The average Bonchev–Trinajstić information content (AvgIpc) is 2.53. The summed E-state index contributed by atoms with van der Waals surface area (Å²) in [4.78, 5) is 24.8. The molecule has 126 valence electrons. The number of likely N-dealkylation sites (tertiary alicyclic amines) is 1. The topological polar surface area (TPSA) is 66.8 Å². The van der Waals surface area contributed by atoms with Crippen molar-refractivity contribution in [2.24, 2.45) is 5.92 Å². The van der Waals surface area contributed by atoms with Crippen molar-refractivity contribution in [3.63, 3.8) is 0 Å². The third-order valence-electron chi connectivity index (χ3n) is 4.33. The first-order chi connectivity index (χ1) is 11.0. The lowest BCUT2D eigenvalue weighted by atomic mass is 9.93. The summed E-state index contributed by atoms with van der Waals surface area (Å²) in [6, 6.07) is 5.94. The van der Waals surface area contributed by atoms with Gasteiger partial charge in [-0.15, -0.1) is 0 Å².